The van der Waals surface area contributed by atoms with Gasteiger partial charge in [0.1, 0.15) is 0 Å². The average molecular weight is 216 g/mol. The maximum atomic E-state index is 9.65. The van der Waals surface area contributed by atoms with Crippen molar-refractivity contribution in [3.05, 3.63) is 29.8 Å². The Hall–Kier alpha value is -0.995. The molecular weight excluding hydrogens is 199 g/mol. The van der Waals surface area contributed by atoms with Gasteiger partial charge < -0.3 is 15.2 Å². The molecule has 2 aliphatic heterocycles. The molecule has 2 unspecified atom stereocenters. The first kappa shape index (κ1) is 10.2. The van der Waals surface area contributed by atoms with E-state index in [9.17, 15) is 5.02 Å². The number of benzene rings is 1. The van der Waals surface area contributed by atoms with Crippen molar-refractivity contribution >= 4 is 12.7 Å². The number of piperidine rings is 1. The minimum Gasteiger partial charge on any atom is -0.437 e. The number of nitrogens with one attached hydrogen (secondary N) is 1. The number of nitrogens with zero attached hydrogens (tertiary/aromatic N) is 1. The van der Waals surface area contributed by atoms with E-state index in [1.807, 2.05) is 6.82 Å². The largest absolute Gasteiger partial charge is 0.437 e. The van der Waals surface area contributed by atoms with Crippen LogP contribution in [0.2, 0.25) is 6.82 Å². The highest BCUT2D eigenvalue weighted by Gasteiger charge is 2.37. The fourth-order valence-electron chi connectivity index (χ4n) is 2.96. The van der Waals surface area contributed by atoms with Crippen molar-refractivity contribution in [3.63, 3.8) is 0 Å². The number of hydrogen-bond acceptors (Lipinski definition) is 3. The van der Waals surface area contributed by atoms with Crippen LogP contribution in [0.15, 0.2) is 24.3 Å². The van der Waals surface area contributed by atoms with E-state index < -0.39 is 0 Å². The van der Waals surface area contributed by atoms with Crippen LogP contribution in [-0.4, -0.2) is 36.0 Å². The summed E-state index contributed by atoms with van der Waals surface area (Å²) >= 11 is 0. The zero-order chi connectivity index (χ0) is 11.1. The summed E-state index contributed by atoms with van der Waals surface area (Å²) in [5, 5.41) is 13.2. The third kappa shape index (κ3) is 1.53. The van der Waals surface area contributed by atoms with E-state index in [1.165, 1.54) is 11.3 Å². The zero-order valence-corrected chi connectivity index (χ0v) is 9.56. The Labute approximate surface area is 96.6 Å². The Morgan fingerprint density at radius 1 is 1.44 bits per heavy atom. The molecule has 2 atom stereocenters. The second-order valence-corrected chi connectivity index (χ2v) is 4.86. The van der Waals surface area contributed by atoms with Crippen LogP contribution in [0.25, 0.3) is 0 Å². The Morgan fingerprint density at radius 2 is 2.25 bits per heavy atom. The molecule has 3 nitrogen and oxygen atoms in total. The van der Waals surface area contributed by atoms with E-state index in [0.717, 1.165) is 19.5 Å². The van der Waals surface area contributed by atoms with Gasteiger partial charge in [-0.15, -0.1) is 0 Å². The first-order chi connectivity index (χ1) is 7.75. The summed E-state index contributed by atoms with van der Waals surface area (Å²) in [4.78, 5) is 2.16. The van der Waals surface area contributed by atoms with Crippen molar-refractivity contribution in [1.29, 1.82) is 0 Å². The van der Waals surface area contributed by atoms with Gasteiger partial charge in [0.05, 0.1) is 0 Å². The molecule has 0 saturated carbocycles. The van der Waals surface area contributed by atoms with Crippen LogP contribution in [0.3, 0.4) is 0 Å². The molecule has 4 heteroatoms. The van der Waals surface area contributed by atoms with E-state index in [1.54, 1.807) is 0 Å². The standard InChI is InChI=1S/C12H17BN2O/c1-13(16)15-7-6-12-10(8-15)9-4-2-3-5-11(9)14-12/h2-5,10,12,14,16H,6-8H2,1H3. The maximum absolute atomic E-state index is 9.65. The van der Waals surface area contributed by atoms with Gasteiger partial charge in [-0.25, -0.2) is 0 Å². The highest BCUT2D eigenvalue weighted by molar-refractivity contribution is 6.45. The monoisotopic (exact) mass is 216 g/mol. The summed E-state index contributed by atoms with van der Waals surface area (Å²) < 4.78 is 0. The smallest absolute Gasteiger partial charge is 0.376 e. The van der Waals surface area contributed by atoms with E-state index in [2.05, 4.69) is 34.4 Å². The normalized spacial score (nSPS) is 28.1. The Balaban J connectivity index is 1.87. The fraction of sp³-hybridized carbons (Fsp3) is 0.500. The van der Waals surface area contributed by atoms with Gasteiger partial charge in [0.15, 0.2) is 0 Å². The van der Waals surface area contributed by atoms with Gasteiger partial charge in [0.25, 0.3) is 0 Å². The topological polar surface area (TPSA) is 35.5 Å². The SMILES string of the molecule is CB(O)N1CCC2Nc3ccccc3C2C1. The van der Waals surface area contributed by atoms with Crippen LogP contribution < -0.4 is 5.32 Å². The van der Waals surface area contributed by atoms with Crippen molar-refractivity contribution in [2.45, 2.75) is 25.2 Å². The molecule has 84 valence electrons. The second kappa shape index (κ2) is 3.79. The summed E-state index contributed by atoms with van der Waals surface area (Å²) in [5.41, 5.74) is 2.70. The molecule has 1 aromatic carbocycles. The first-order valence-electron chi connectivity index (χ1n) is 6.03. The number of fused-ring (bicyclic) bond motifs is 3. The summed E-state index contributed by atoms with van der Waals surface area (Å²) in [6.45, 7) is 3.81. The summed E-state index contributed by atoms with van der Waals surface area (Å²) in [6, 6.07) is 9.10. The Morgan fingerprint density at radius 3 is 3.06 bits per heavy atom. The minimum absolute atomic E-state index is 0.325. The van der Waals surface area contributed by atoms with Gasteiger partial charge in [-0.3, -0.25) is 0 Å². The molecule has 0 radical (unpaired) electrons. The van der Waals surface area contributed by atoms with Crippen LogP contribution in [0.1, 0.15) is 17.9 Å². The molecule has 3 rings (SSSR count). The molecule has 1 aromatic rings. The van der Waals surface area contributed by atoms with Gasteiger partial charge in [-0.2, -0.15) is 0 Å². The lowest BCUT2D eigenvalue weighted by Gasteiger charge is -2.35. The Kier molecular flexibility index (Phi) is 2.41. The van der Waals surface area contributed by atoms with Gasteiger partial charge in [0.2, 0.25) is 0 Å². The van der Waals surface area contributed by atoms with Crippen LogP contribution in [0.4, 0.5) is 5.69 Å². The number of rotatable bonds is 1. The summed E-state index contributed by atoms with van der Waals surface area (Å²) in [5.74, 6) is 0.541. The van der Waals surface area contributed by atoms with Crippen LogP contribution in [-0.2, 0) is 0 Å². The van der Waals surface area contributed by atoms with Gasteiger partial charge in [-0.1, -0.05) is 18.2 Å². The van der Waals surface area contributed by atoms with Crippen LogP contribution in [0.5, 0.6) is 0 Å². The van der Waals surface area contributed by atoms with Crippen LogP contribution in [0, 0.1) is 0 Å². The van der Waals surface area contributed by atoms with Crippen molar-refractivity contribution in [2.24, 2.45) is 0 Å². The Bertz CT molecular complexity index is 396. The third-order valence-corrected chi connectivity index (χ3v) is 3.87. The van der Waals surface area contributed by atoms with E-state index in [-0.39, 0.29) is 7.05 Å². The predicted octanol–water partition coefficient (Wildman–Crippen LogP) is 1.38. The van der Waals surface area contributed by atoms with E-state index in [4.69, 9.17) is 0 Å². The molecule has 0 amide bonds. The van der Waals surface area contributed by atoms with Gasteiger partial charge in [-0.05, 0) is 38.0 Å². The van der Waals surface area contributed by atoms with Crippen molar-refractivity contribution < 1.29 is 5.02 Å². The first-order valence-corrected chi connectivity index (χ1v) is 6.03. The molecule has 1 saturated heterocycles. The lowest BCUT2D eigenvalue weighted by Crippen LogP contribution is -2.48. The van der Waals surface area contributed by atoms with Crippen molar-refractivity contribution in [2.75, 3.05) is 18.4 Å². The highest BCUT2D eigenvalue weighted by atomic mass is 16.2. The lowest BCUT2D eigenvalue weighted by atomic mass is 9.78. The number of anilines is 1. The molecule has 0 aromatic heterocycles. The fourth-order valence-corrected chi connectivity index (χ4v) is 2.96. The second-order valence-electron chi connectivity index (χ2n) is 4.86. The number of para-hydroxylation sites is 1. The van der Waals surface area contributed by atoms with Crippen molar-refractivity contribution in [1.82, 2.24) is 4.81 Å². The number of hydrogen-bond donors (Lipinski definition) is 2. The average Bonchev–Trinajstić information content (AvgIpc) is 2.66. The summed E-state index contributed by atoms with van der Waals surface area (Å²) in [6.07, 6.45) is 1.12. The molecule has 1 fully saturated rings. The molecule has 0 aliphatic carbocycles. The third-order valence-electron chi connectivity index (χ3n) is 3.87. The zero-order valence-electron chi connectivity index (χ0n) is 9.56. The molecule has 2 N–H and O–H groups in total. The minimum atomic E-state index is -0.325. The van der Waals surface area contributed by atoms with Crippen molar-refractivity contribution in [3.8, 4) is 0 Å². The maximum Gasteiger partial charge on any atom is 0.376 e. The summed E-state index contributed by atoms with van der Waals surface area (Å²) in [7, 11) is -0.325. The predicted molar refractivity (Wildman–Crippen MR) is 66.6 cm³/mol. The molecule has 16 heavy (non-hydrogen) atoms. The quantitative estimate of drug-likeness (QED) is 0.696. The van der Waals surface area contributed by atoms with E-state index >= 15 is 0 Å². The molecule has 2 aliphatic rings. The molecule has 0 spiro atoms. The highest BCUT2D eigenvalue weighted by Crippen LogP contribution is 2.39. The lowest BCUT2D eigenvalue weighted by molar-refractivity contribution is 0.277. The van der Waals surface area contributed by atoms with E-state index in [0.29, 0.717) is 12.0 Å². The van der Waals surface area contributed by atoms with Crippen LogP contribution >= 0.6 is 0 Å². The molecule has 2 heterocycles. The van der Waals surface area contributed by atoms with Gasteiger partial charge >= 0.3 is 7.05 Å². The molecular formula is C12H17BN2O. The molecule has 0 bridgehead atoms. The van der Waals surface area contributed by atoms with Gasteiger partial charge in [0, 0.05) is 17.6 Å².